The standard InChI is InChI=1S/C14H22N2O/c1-5-15-12(4)9-16-14(17)13-7-10(2)6-11(3)8-13/h6-8,12,15H,5,9H2,1-4H3,(H,16,17)/t12-/m1/s1. The van der Waals surface area contributed by atoms with Gasteiger partial charge in [0.05, 0.1) is 0 Å². The van der Waals surface area contributed by atoms with Gasteiger partial charge in [-0.2, -0.15) is 0 Å². The number of carbonyl (C=O) groups is 1. The van der Waals surface area contributed by atoms with Gasteiger partial charge in [-0.05, 0) is 39.4 Å². The Balaban J connectivity index is 2.58. The molecular weight excluding hydrogens is 212 g/mol. The zero-order chi connectivity index (χ0) is 12.8. The quantitative estimate of drug-likeness (QED) is 0.818. The minimum atomic E-state index is 0.00144. The lowest BCUT2D eigenvalue weighted by molar-refractivity contribution is 0.0950. The van der Waals surface area contributed by atoms with Crippen LogP contribution in [-0.4, -0.2) is 25.0 Å². The molecule has 1 atom stereocenters. The van der Waals surface area contributed by atoms with E-state index in [0.717, 1.165) is 23.2 Å². The van der Waals surface area contributed by atoms with E-state index >= 15 is 0 Å². The zero-order valence-electron chi connectivity index (χ0n) is 11.1. The summed E-state index contributed by atoms with van der Waals surface area (Å²) in [5.41, 5.74) is 2.98. The van der Waals surface area contributed by atoms with Crippen LogP contribution in [0.15, 0.2) is 18.2 Å². The summed E-state index contributed by atoms with van der Waals surface area (Å²) in [5, 5.41) is 6.20. The van der Waals surface area contributed by atoms with Crippen LogP contribution in [0.4, 0.5) is 0 Å². The number of aryl methyl sites for hydroxylation is 2. The van der Waals surface area contributed by atoms with Gasteiger partial charge in [0.25, 0.3) is 5.91 Å². The molecule has 0 fully saturated rings. The predicted octanol–water partition coefficient (Wildman–Crippen LogP) is 2.03. The topological polar surface area (TPSA) is 41.1 Å². The molecule has 0 bridgehead atoms. The molecule has 0 heterocycles. The largest absolute Gasteiger partial charge is 0.350 e. The van der Waals surface area contributed by atoms with Gasteiger partial charge in [0.15, 0.2) is 0 Å². The summed E-state index contributed by atoms with van der Waals surface area (Å²) in [7, 11) is 0. The van der Waals surface area contributed by atoms with Gasteiger partial charge in [0.2, 0.25) is 0 Å². The second-order valence-electron chi connectivity index (χ2n) is 4.55. The number of nitrogens with one attached hydrogen (secondary N) is 2. The number of likely N-dealkylation sites (N-methyl/N-ethyl adjacent to an activating group) is 1. The van der Waals surface area contributed by atoms with Gasteiger partial charge in [0, 0.05) is 18.2 Å². The minimum absolute atomic E-state index is 0.00144. The highest BCUT2D eigenvalue weighted by Crippen LogP contribution is 2.08. The summed E-state index contributed by atoms with van der Waals surface area (Å²) in [6.07, 6.45) is 0. The van der Waals surface area contributed by atoms with E-state index in [9.17, 15) is 4.79 Å². The van der Waals surface area contributed by atoms with Crippen LogP contribution < -0.4 is 10.6 Å². The first-order valence-electron chi connectivity index (χ1n) is 6.12. The zero-order valence-corrected chi connectivity index (χ0v) is 11.1. The number of amides is 1. The maximum atomic E-state index is 11.9. The SMILES string of the molecule is CCN[C@H](C)CNC(=O)c1cc(C)cc(C)c1. The Kier molecular flexibility index (Phi) is 5.16. The molecule has 3 heteroatoms. The van der Waals surface area contributed by atoms with Gasteiger partial charge in [-0.25, -0.2) is 0 Å². The Morgan fingerprint density at radius 3 is 2.35 bits per heavy atom. The number of hydrogen-bond acceptors (Lipinski definition) is 2. The van der Waals surface area contributed by atoms with Gasteiger partial charge in [-0.15, -0.1) is 0 Å². The predicted molar refractivity (Wildman–Crippen MR) is 71.4 cm³/mol. The summed E-state index contributed by atoms with van der Waals surface area (Å²) in [6, 6.07) is 6.20. The van der Waals surface area contributed by atoms with Crippen molar-refractivity contribution in [2.24, 2.45) is 0 Å². The maximum Gasteiger partial charge on any atom is 0.251 e. The Morgan fingerprint density at radius 2 is 1.82 bits per heavy atom. The Morgan fingerprint density at radius 1 is 1.24 bits per heavy atom. The van der Waals surface area contributed by atoms with Crippen LogP contribution in [0.1, 0.15) is 35.3 Å². The summed E-state index contributed by atoms with van der Waals surface area (Å²) >= 11 is 0. The highest BCUT2D eigenvalue weighted by atomic mass is 16.1. The Labute approximate surface area is 104 Å². The molecule has 94 valence electrons. The first-order valence-corrected chi connectivity index (χ1v) is 6.12. The molecule has 1 aromatic rings. The Bertz CT molecular complexity index is 368. The monoisotopic (exact) mass is 234 g/mol. The van der Waals surface area contributed by atoms with Crippen LogP contribution in [0.2, 0.25) is 0 Å². The van der Waals surface area contributed by atoms with Crippen molar-refractivity contribution < 1.29 is 4.79 Å². The molecule has 1 rings (SSSR count). The fraction of sp³-hybridized carbons (Fsp3) is 0.500. The van der Waals surface area contributed by atoms with Crippen molar-refractivity contribution >= 4 is 5.91 Å². The van der Waals surface area contributed by atoms with Crippen molar-refractivity contribution in [2.75, 3.05) is 13.1 Å². The van der Waals surface area contributed by atoms with Crippen LogP contribution in [0.25, 0.3) is 0 Å². The molecule has 0 spiro atoms. The van der Waals surface area contributed by atoms with Crippen LogP contribution in [-0.2, 0) is 0 Å². The van der Waals surface area contributed by atoms with Crippen LogP contribution in [0.3, 0.4) is 0 Å². The molecule has 0 saturated carbocycles. The molecule has 3 nitrogen and oxygen atoms in total. The van der Waals surface area contributed by atoms with E-state index in [2.05, 4.69) is 30.5 Å². The fourth-order valence-corrected chi connectivity index (χ4v) is 1.87. The second kappa shape index (κ2) is 6.40. The summed E-state index contributed by atoms with van der Waals surface area (Å²) < 4.78 is 0. The second-order valence-corrected chi connectivity index (χ2v) is 4.55. The molecule has 0 aliphatic heterocycles. The van der Waals surface area contributed by atoms with Crippen LogP contribution >= 0.6 is 0 Å². The van der Waals surface area contributed by atoms with Crippen molar-refractivity contribution in [3.8, 4) is 0 Å². The number of rotatable bonds is 5. The van der Waals surface area contributed by atoms with E-state index in [0.29, 0.717) is 12.6 Å². The molecule has 17 heavy (non-hydrogen) atoms. The summed E-state index contributed by atoms with van der Waals surface area (Å²) in [4.78, 5) is 11.9. The lowest BCUT2D eigenvalue weighted by atomic mass is 10.1. The molecule has 0 unspecified atom stereocenters. The molecule has 0 radical (unpaired) electrons. The van der Waals surface area contributed by atoms with Crippen molar-refractivity contribution in [3.63, 3.8) is 0 Å². The fourth-order valence-electron chi connectivity index (χ4n) is 1.87. The lowest BCUT2D eigenvalue weighted by Crippen LogP contribution is -2.38. The number of carbonyl (C=O) groups excluding carboxylic acids is 1. The van der Waals surface area contributed by atoms with Gasteiger partial charge in [0.1, 0.15) is 0 Å². The molecular formula is C14H22N2O. The van der Waals surface area contributed by atoms with Gasteiger partial charge >= 0.3 is 0 Å². The highest BCUT2D eigenvalue weighted by molar-refractivity contribution is 5.94. The summed E-state index contributed by atoms with van der Waals surface area (Å²) in [5.74, 6) is 0.00144. The minimum Gasteiger partial charge on any atom is -0.350 e. The van der Waals surface area contributed by atoms with Gasteiger partial charge in [-0.1, -0.05) is 24.1 Å². The molecule has 0 saturated heterocycles. The van der Waals surface area contributed by atoms with Crippen LogP contribution in [0, 0.1) is 13.8 Å². The van der Waals surface area contributed by atoms with E-state index in [-0.39, 0.29) is 5.91 Å². The average molecular weight is 234 g/mol. The lowest BCUT2D eigenvalue weighted by Gasteiger charge is -2.13. The maximum absolute atomic E-state index is 11.9. The van der Waals surface area contributed by atoms with Gasteiger partial charge in [-0.3, -0.25) is 4.79 Å². The van der Waals surface area contributed by atoms with Crippen molar-refractivity contribution in [1.82, 2.24) is 10.6 Å². The average Bonchev–Trinajstić information content (AvgIpc) is 2.25. The van der Waals surface area contributed by atoms with Crippen molar-refractivity contribution in [1.29, 1.82) is 0 Å². The smallest absolute Gasteiger partial charge is 0.251 e. The third-order valence-corrected chi connectivity index (χ3v) is 2.61. The Hall–Kier alpha value is -1.35. The van der Waals surface area contributed by atoms with Gasteiger partial charge < -0.3 is 10.6 Å². The van der Waals surface area contributed by atoms with E-state index in [4.69, 9.17) is 0 Å². The summed E-state index contributed by atoms with van der Waals surface area (Å²) in [6.45, 7) is 9.70. The molecule has 0 aromatic heterocycles. The first-order chi connectivity index (χ1) is 8.02. The molecule has 0 aliphatic carbocycles. The number of hydrogen-bond donors (Lipinski definition) is 2. The van der Waals surface area contributed by atoms with E-state index in [1.165, 1.54) is 0 Å². The highest BCUT2D eigenvalue weighted by Gasteiger charge is 2.07. The molecule has 1 amide bonds. The normalized spacial score (nSPS) is 12.2. The molecule has 2 N–H and O–H groups in total. The van der Waals surface area contributed by atoms with E-state index in [1.54, 1.807) is 0 Å². The third kappa shape index (κ3) is 4.57. The third-order valence-electron chi connectivity index (χ3n) is 2.61. The molecule has 0 aliphatic rings. The van der Waals surface area contributed by atoms with E-state index in [1.807, 2.05) is 26.0 Å². The number of benzene rings is 1. The van der Waals surface area contributed by atoms with Crippen molar-refractivity contribution in [2.45, 2.75) is 33.7 Å². The van der Waals surface area contributed by atoms with Crippen LogP contribution in [0.5, 0.6) is 0 Å². The molecule has 1 aromatic carbocycles. The first kappa shape index (κ1) is 13.7. The van der Waals surface area contributed by atoms with E-state index < -0.39 is 0 Å². The van der Waals surface area contributed by atoms with Crippen molar-refractivity contribution in [3.05, 3.63) is 34.9 Å².